The van der Waals surface area contributed by atoms with Crippen molar-refractivity contribution < 1.29 is 4.79 Å². The van der Waals surface area contributed by atoms with Crippen LogP contribution in [-0.4, -0.2) is 11.8 Å². The maximum atomic E-state index is 12.1. The van der Waals surface area contributed by atoms with Crippen molar-refractivity contribution >= 4 is 5.78 Å². The first-order valence-corrected chi connectivity index (χ1v) is 8.39. The van der Waals surface area contributed by atoms with Gasteiger partial charge in [-0.25, -0.2) is 0 Å². The fraction of sp³-hybridized carbons (Fsp3) is 0.286. The van der Waals surface area contributed by atoms with Gasteiger partial charge in [0, 0.05) is 24.2 Å². The normalized spacial score (nSPS) is 21.0. The highest BCUT2D eigenvalue weighted by molar-refractivity contribution is 5.92. The van der Waals surface area contributed by atoms with E-state index >= 15 is 0 Å². The average Bonchev–Trinajstić information content (AvgIpc) is 2.97. The Bertz CT molecular complexity index is 722. The van der Waals surface area contributed by atoms with Crippen molar-refractivity contribution in [2.75, 3.05) is 0 Å². The molecule has 23 heavy (non-hydrogen) atoms. The van der Waals surface area contributed by atoms with Crippen LogP contribution >= 0.6 is 0 Å². The number of hydrogen-bond donors (Lipinski definition) is 1. The van der Waals surface area contributed by atoms with Crippen molar-refractivity contribution in [1.29, 1.82) is 0 Å². The van der Waals surface area contributed by atoms with Crippen LogP contribution < -0.4 is 5.32 Å². The molecule has 2 aromatic rings. The van der Waals surface area contributed by atoms with E-state index in [1.54, 1.807) is 0 Å². The third-order valence-corrected chi connectivity index (χ3v) is 4.96. The molecule has 2 aliphatic rings. The molecule has 1 N–H and O–H groups in total. The zero-order valence-electron chi connectivity index (χ0n) is 13.2. The lowest BCUT2D eigenvalue weighted by molar-refractivity contribution is -0.115. The zero-order chi connectivity index (χ0) is 15.6. The Morgan fingerprint density at radius 2 is 1.43 bits per heavy atom. The van der Waals surface area contributed by atoms with E-state index in [2.05, 4.69) is 53.8 Å². The molecule has 0 saturated heterocycles. The van der Waals surface area contributed by atoms with E-state index in [4.69, 9.17) is 0 Å². The number of hydrogen-bond acceptors (Lipinski definition) is 2. The Balaban J connectivity index is 1.46. The van der Waals surface area contributed by atoms with Gasteiger partial charge in [-0.05, 0) is 41.9 Å². The summed E-state index contributed by atoms with van der Waals surface area (Å²) in [5, 5.41) is 3.64. The van der Waals surface area contributed by atoms with Crippen LogP contribution in [0.4, 0.5) is 0 Å². The second-order valence-electron chi connectivity index (χ2n) is 6.67. The quantitative estimate of drug-likeness (QED) is 0.935. The number of carbonyl (C=O) groups is 1. The lowest BCUT2D eigenvalue weighted by Gasteiger charge is -2.25. The molecule has 0 unspecified atom stereocenters. The topological polar surface area (TPSA) is 29.1 Å². The van der Waals surface area contributed by atoms with Gasteiger partial charge < -0.3 is 5.32 Å². The van der Waals surface area contributed by atoms with Crippen LogP contribution in [-0.2, 0) is 17.6 Å². The van der Waals surface area contributed by atoms with Crippen LogP contribution in [0.15, 0.2) is 66.4 Å². The van der Waals surface area contributed by atoms with Gasteiger partial charge in [-0.2, -0.15) is 0 Å². The zero-order valence-corrected chi connectivity index (χ0v) is 13.2. The van der Waals surface area contributed by atoms with E-state index in [-0.39, 0.29) is 5.78 Å². The van der Waals surface area contributed by atoms with Gasteiger partial charge in [0.25, 0.3) is 0 Å². The second-order valence-corrected chi connectivity index (χ2v) is 6.67. The SMILES string of the molecule is O=C1C=C(NC2Cc3ccccc3C2)C[C@H](c2ccccc2)C1. The van der Waals surface area contributed by atoms with Gasteiger partial charge in [0.05, 0.1) is 0 Å². The van der Waals surface area contributed by atoms with Crippen LogP contribution in [0.1, 0.15) is 35.4 Å². The molecule has 0 amide bonds. The molecule has 4 rings (SSSR count). The van der Waals surface area contributed by atoms with E-state index < -0.39 is 0 Å². The first-order valence-electron chi connectivity index (χ1n) is 8.39. The Morgan fingerprint density at radius 3 is 2.13 bits per heavy atom. The fourth-order valence-corrected chi connectivity index (χ4v) is 3.88. The first-order chi connectivity index (χ1) is 11.3. The van der Waals surface area contributed by atoms with Gasteiger partial charge in [-0.1, -0.05) is 54.6 Å². The molecular weight excluding hydrogens is 282 g/mol. The minimum atomic E-state index is 0.239. The number of allylic oxidation sites excluding steroid dienone is 2. The van der Waals surface area contributed by atoms with Gasteiger partial charge in [-0.15, -0.1) is 0 Å². The van der Waals surface area contributed by atoms with E-state index in [1.165, 1.54) is 16.7 Å². The molecule has 2 aromatic carbocycles. The summed E-state index contributed by atoms with van der Waals surface area (Å²) in [6.07, 6.45) is 5.49. The summed E-state index contributed by atoms with van der Waals surface area (Å²) in [7, 11) is 0. The largest absolute Gasteiger partial charge is 0.385 e. The smallest absolute Gasteiger partial charge is 0.158 e. The van der Waals surface area contributed by atoms with Crippen molar-refractivity contribution in [3.05, 3.63) is 83.1 Å². The number of fused-ring (bicyclic) bond motifs is 1. The van der Waals surface area contributed by atoms with Crippen LogP contribution in [0.25, 0.3) is 0 Å². The summed E-state index contributed by atoms with van der Waals surface area (Å²) in [6, 6.07) is 19.5. The molecule has 116 valence electrons. The van der Waals surface area contributed by atoms with Crippen LogP contribution in [0.2, 0.25) is 0 Å². The van der Waals surface area contributed by atoms with E-state index in [1.807, 2.05) is 12.1 Å². The lowest BCUT2D eigenvalue weighted by atomic mass is 9.85. The summed E-state index contributed by atoms with van der Waals surface area (Å²) in [5.41, 5.74) is 5.25. The van der Waals surface area contributed by atoms with Gasteiger partial charge in [0.1, 0.15) is 0 Å². The molecule has 0 saturated carbocycles. The van der Waals surface area contributed by atoms with Crippen molar-refractivity contribution in [2.45, 2.75) is 37.6 Å². The summed E-state index contributed by atoms with van der Waals surface area (Å²) < 4.78 is 0. The summed E-state index contributed by atoms with van der Waals surface area (Å²) >= 11 is 0. The first kappa shape index (κ1) is 14.3. The Labute approximate surface area is 137 Å². The molecule has 0 radical (unpaired) electrons. The van der Waals surface area contributed by atoms with Crippen LogP contribution in [0.3, 0.4) is 0 Å². The molecule has 0 fully saturated rings. The highest BCUT2D eigenvalue weighted by atomic mass is 16.1. The maximum absolute atomic E-state index is 12.1. The number of rotatable bonds is 3. The van der Waals surface area contributed by atoms with E-state index in [0.717, 1.165) is 25.0 Å². The number of carbonyl (C=O) groups excluding carboxylic acids is 1. The van der Waals surface area contributed by atoms with Crippen molar-refractivity contribution in [1.82, 2.24) is 5.32 Å². The predicted molar refractivity (Wildman–Crippen MR) is 92.3 cm³/mol. The maximum Gasteiger partial charge on any atom is 0.158 e. The van der Waals surface area contributed by atoms with Crippen molar-refractivity contribution in [2.24, 2.45) is 0 Å². The molecule has 0 aromatic heterocycles. The standard InChI is InChI=1S/C21H21NO/c23-21-13-18(15-6-2-1-3-7-15)12-20(14-21)22-19-10-16-8-4-5-9-17(16)11-19/h1-9,14,18-19,22H,10-13H2/t18-/m0/s1. The molecular formula is C21H21NO. The van der Waals surface area contributed by atoms with E-state index in [9.17, 15) is 4.79 Å². The summed E-state index contributed by atoms with van der Waals surface area (Å²) in [6.45, 7) is 0. The second kappa shape index (κ2) is 6.04. The highest BCUT2D eigenvalue weighted by Gasteiger charge is 2.26. The molecule has 1 atom stereocenters. The number of ketones is 1. The van der Waals surface area contributed by atoms with Gasteiger partial charge >= 0.3 is 0 Å². The minimum Gasteiger partial charge on any atom is -0.385 e. The molecule has 0 aliphatic heterocycles. The highest BCUT2D eigenvalue weighted by Crippen LogP contribution is 2.31. The monoisotopic (exact) mass is 303 g/mol. The molecule has 2 aliphatic carbocycles. The van der Waals surface area contributed by atoms with Gasteiger partial charge in [-0.3, -0.25) is 4.79 Å². The molecule has 0 spiro atoms. The lowest BCUT2D eigenvalue weighted by Crippen LogP contribution is -2.32. The summed E-state index contributed by atoms with van der Waals surface area (Å²) in [5.74, 6) is 0.545. The van der Waals surface area contributed by atoms with Crippen LogP contribution in [0.5, 0.6) is 0 Å². The molecule has 2 heteroatoms. The minimum absolute atomic E-state index is 0.239. The Hall–Kier alpha value is -2.35. The van der Waals surface area contributed by atoms with Gasteiger partial charge in [0.15, 0.2) is 5.78 Å². The molecule has 0 bridgehead atoms. The third kappa shape index (κ3) is 3.07. The Kier molecular flexibility index (Phi) is 3.74. The van der Waals surface area contributed by atoms with E-state index in [0.29, 0.717) is 18.4 Å². The van der Waals surface area contributed by atoms with Crippen molar-refractivity contribution in [3.63, 3.8) is 0 Å². The number of nitrogens with one attached hydrogen (secondary N) is 1. The van der Waals surface area contributed by atoms with Crippen LogP contribution in [0, 0.1) is 0 Å². The average molecular weight is 303 g/mol. The molecule has 0 heterocycles. The Morgan fingerprint density at radius 1 is 0.783 bits per heavy atom. The third-order valence-electron chi connectivity index (χ3n) is 4.96. The van der Waals surface area contributed by atoms with Crippen molar-refractivity contribution in [3.8, 4) is 0 Å². The van der Waals surface area contributed by atoms with Gasteiger partial charge in [0.2, 0.25) is 0 Å². The summed E-state index contributed by atoms with van der Waals surface area (Å²) in [4.78, 5) is 12.1. The predicted octanol–water partition coefficient (Wildman–Crippen LogP) is 3.77. The molecule has 2 nitrogen and oxygen atoms in total. The fourth-order valence-electron chi connectivity index (χ4n) is 3.88. The number of benzene rings is 2.